The Bertz CT molecular complexity index is 1200. The van der Waals surface area contributed by atoms with E-state index < -0.39 is 71.0 Å². The Hall–Kier alpha value is -2.96. The van der Waals surface area contributed by atoms with E-state index >= 15 is 0 Å². The Morgan fingerprint density at radius 3 is 1.44 bits per heavy atom. The molecular weight excluding hydrogens is 669 g/mol. The van der Waals surface area contributed by atoms with Crippen molar-refractivity contribution in [3.8, 4) is 0 Å². The number of halogens is 17. The van der Waals surface area contributed by atoms with E-state index in [-0.39, 0.29) is 24.7 Å². The molecule has 20 heteroatoms. The van der Waals surface area contributed by atoms with E-state index in [1.807, 2.05) is 0 Å². The molecule has 0 fully saturated rings. The number of hydrogen-bond acceptors (Lipinski definition) is 2. The fourth-order valence-corrected chi connectivity index (χ4v) is 3.27. The molecule has 1 rings (SSSR count). The van der Waals surface area contributed by atoms with Crippen LogP contribution in [0.3, 0.4) is 0 Å². The van der Waals surface area contributed by atoms with Gasteiger partial charge in [0.25, 0.3) is 0 Å². The second kappa shape index (κ2) is 12.3. The van der Waals surface area contributed by atoms with Crippen molar-refractivity contribution in [2.45, 2.75) is 93.9 Å². The Morgan fingerprint density at radius 2 is 1.07 bits per heavy atom. The first-order valence-corrected chi connectivity index (χ1v) is 12.2. The largest absolute Gasteiger partial charge is 0.460 e. The third-order valence-corrected chi connectivity index (χ3v) is 5.73. The Labute approximate surface area is 244 Å². The maximum atomic E-state index is 14.1. The second-order valence-electron chi connectivity index (χ2n) is 10.5. The van der Waals surface area contributed by atoms with Gasteiger partial charge in [0, 0.05) is 13.1 Å². The summed E-state index contributed by atoms with van der Waals surface area (Å²) in [5, 5.41) is 0. The number of allylic oxidation sites excluding steroid dienone is 1. The van der Waals surface area contributed by atoms with Crippen molar-refractivity contribution in [1.29, 1.82) is 0 Å². The van der Waals surface area contributed by atoms with Crippen molar-refractivity contribution in [1.82, 2.24) is 4.90 Å². The molecule has 0 aliphatic heterocycles. The molecule has 0 aliphatic rings. The molecule has 260 valence electrons. The van der Waals surface area contributed by atoms with E-state index in [0.717, 1.165) is 24.3 Å². The number of amides is 1. The van der Waals surface area contributed by atoms with Crippen molar-refractivity contribution in [3.05, 3.63) is 41.5 Å². The summed E-state index contributed by atoms with van der Waals surface area (Å²) in [5.74, 6) is -56.8. The zero-order chi connectivity index (χ0) is 35.9. The van der Waals surface area contributed by atoms with E-state index in [1.165, 1.54) is 4.90 Å². The van der Waals surface area contributed by atoms with Gasteiger partial charge in [0.2, 0.25) is 0 Å². The van der Waals surface area contributed by atoms with Crippen LogP contribution in [0.1, 0.15) is 45.2 Å². The molecule has 1 aromatic carbocycles. The highest BCUT2D eigenvalue weighted by atomic mass is 19.4. The summed E-state index contributed by atoms with van der Waals surface area (Å²) in [5.41, 5.74) is -1.20. The highest BCUT2D eigenvalue weighted by Gasteiger charge is 2.95. The van der Waals surface area contributed by atoms with Crippen LogP contribution in [0.4, 0.5) is 79.4 Å². The minimum atomic E-state index is -8.67. The first-order valence-electron chi connectivity index (χ1n) is 12.2. The van der Waals surface area contributed by atoms with Gasteiger partial charge in [-0.2, -0.15) is 74.6 Å². The van der Waals surface area contributed by atoms with Crippen LogP contribution in [-0.2, 0) is 11.3 Å². The zero-order valence-electron chi connectivity index (χ0n) is 23.3. The Kier molecular flexibility index (Phi) is 11.0. The lowest BCUT2D eigenvalue weighted by atomic mass is 9.89. The number of rotatable bonds is 12. The molecule has 0 saturated heterocycles. The first kappa shape index (κ1) is 40.1. The van der Waals surface area contributed by atoms with E-state index in [0.29, 0.717) is 6.42 Å². The van der Waals surface area contributed by atoms with Crippen LogP contribution in [0.15, 0.2) is 30.3 Å². The van der Waals surface area contributed by atoms with Gasteiger partial charge >= 0.3 is 53.7 Å². The van der Waals surface area contributed by atoms with Gasteiger partial charge < -0.3 is 9.64 Å². The molecule has 1 aromatic rings. The number of carbonyl (C=O) groups is 1. The summed E-state index contributed by atoms with van der Waals surface area (Å²) in [7, 11) is 0. The Balaban J connectivity index is 3.37. The highest BCUT2D eigenvalue weighted by Crippen LogP contribution is 2.64. The molecule has 0 radical (unpaired) electrons. The van der Waals surface area contributed by atoms with Gasteiger partial charge in [-0.1, -0.05) is 37.3 Å². The third kappa shape index (κ3) is 7.38. The first-order chi connectivity index (χ1) is 19.7. The minimum absolute atomic E-state index is 0.131. The molecule has 0 heterocycles. The van der Waals surface area contributed by atoms with Crippen LogP contribution in [0, 0.1) is 0 Å². The monoisotopic (exact) mass is 693 g/mol. The molecule has 0 unspecified atom stereocenters. The fraction of sp³-hybridized carbons (Fsp3) is 0.640. The number of nitrogens with zero attached hydrogens (tertiary/aromatic N) is 1. The average Bonchev–Trinajstić information content (AvgIpc) is 2.85. The summed E-state index contributed by atoms with van der Waals surface area (Å²) in [6.07, 6.45) is -9.50. The highest BCUT2D eigenvalue weighted by molar-refractivity contribution is 5.68. The van der Waals surface area contributed by atoms with Crippen LogP contribution in [0.5, 0.6) is 0 Å². The van der Waals surface area contributed by atoms with Crippen LogP contribution in [0.2, 0.25) is 0 Å². The average molecular weight is 693 g/mol. The molecule has 0 N–H and O–H groups in total. The Morgan fingerprint density at radius 1 is 0.667 bits per heavy atom. The van der Waals surface area contributed by atoms with Gasteiger partial charge in [0.1, 0.15) is 5.60 Å². The zero-order valence-corrected chi connectivity index (χ0v) is 23.3. The lowest BCUT2D eigenvalue weighted by Gasteiger charge is -2.42. The van der Waals surface area contributed by atoms with E-state index in [9.17, 15) is 79.4 Å². The van der Waals surface area contributed by atoms with Gasteiger partial charge in [-0.15, -0.1) is 0 Å². The van der Waals surface area contributed by atoms with Crippen LogP contribution < -0.4 is 0 Å². The predicted octanol–water partition coefficient (Wildman–Crippen LogP) is 9.86. The quantitative estimate of drug-likeness (QED) is 0.204. The number of alkyl halides is 17. The molecule has 45 heavy (non-hydrogen) atoms. The normalized spacial score (nSPS) is 15.0. The molecule has 0 aliphatic carbocycles. The number of hydrogen-bond donors (Lipinski definition) is 0. The van der Waals surface area contributed by atoms with Crippen molar-refractivity contribution in [2.75, 3.05) is 6.54 Å². The second-order valence-corrected chi connectivity index (χ2v) is 10.5. The lowest BCUT2D eigenvalue weighted by Crippen LogP contribution is -2.74. The number of carbonyl (C=O) groups excluding carboxylic acids is 1. The maximum absolute atomic E-state index is 14.1. The summed E-state index contributed by atoms with van der Waals surface area (Å²) in [6, 6.07) is 3.88. The fourth-order valence-electron chi connectivity index (χ4n) is 3.27. The van der Waals surface area contributed by atoms with Crippen molar-refractivity contribution < 1.29 is 84.2 Å². The molecule has 1 amide bonds. The van der Waals surface area contributed by atoms with Crippen molar-refractivity contribution >= 4 is 12.2 Å². The predicted molar refractivity (Wildman–Crippen MR) is 123 cm³/mol. The third-order valence-electron chi connectivity index (χ3n) is 5.73. The minimum Gasteiger partial charge on any atom is -0.444 e. The molecular formula is C25H24F17NO2. The number of benzene rings is 1. The van der Waals surface area contributed by atoms with Gasteiger partial charge in [0.05, 0.1) is 0 Å². The lowest BCUT2D eigenvalue weighted by molar-refractivity contribution is -0.459. The smallest absolute Gasteiger partial charge is 0.444 e. The van der Waals surface area contributed by atoms with Gasteiger partial charge in [-0.05, 0) is 44.4 Å². The molecule has 0 atom stereocenters. The summed E-state index contributed by atoms with van der Waals surface area (Å²) >= 11 is 0. The topological polar surface area (TPSA) is 29.5 Å². The molecule has 0 spiro atoms. The van der Waals surface area contributed by atoms with E-state index in [2.05, 4.69) is 0 Å². The molecule has 0 saturated carbocycles. The van der Waals surface area contributed by atoms with Gasteiger partial charge in [-0.25, -0.2) is 4.79 Å². The van der Waals surface area contributed by atoms with Crippen LogP contribution in [-0.4, -0.2) is 70.8 Å². The molecule has 0 aromatic heterocycles. The van der Waals surface area contributed by atoms with Gasteiger partial charge in [-0.3, -0.25) is 0 Å². The number of ether oxygens (including phenoxy) is 1. The summed E-state index contributed by atoms with van der Waals surface area (Å²) in [6.45, 7) is 6.41. The standard InChI is InChI=1S/C25H24F17NO2/c1-5-12-43(16(44)45-17(2,3)4)13-15-8-6-14(7-9-15)10-11-18(26,27)19(28,29)20(30,31)21(32,33)22(34,35)23(36,37)24(38,39)25(40,41)42/h6-11H,5,12-13H2,1-4H3/b11-10+. The van der Waals surface area contributed by atoms with E-state index in [1.54, 1.807) is 27.7 Å². The SMILES string of the molecule is CCCN(Cc1ccc(/C=C/C(F)(F)C(F)(F)C(F)(F)C(F)(F)C(F)(F)C(F)(F)C(F)(F)C(F)(F)F)cc1)C(=O)OC(C)(C)C. The van der Waals surface area contributed by atoms with Crippen molar-refractivity contribution in [2.24, 2.45) is 0 Å². The van der Waals surface area contributed by atoms with Crippen LogP contribution in [0.25, 0.3) is 6.08 Å². The van der Waals surface area contributed by atoms with Gasteiger partial charge in [0.15, 0.2) is 0 Å². The molecule has 0 bridgehead atoms. The molecule has 3 nitrogen and oxygen atoms in total. The van der Waals surface area contributed by atoms with Crippen molar-refractivity contribution in [3.63, 3.8) is 0 Å². The van der Waals surface area contributed by atoms with Crippen LogP contribution >= 0.6 is 0 Å². The summed E-state index contributed by atoms with van der Waals surface area (Å²) < 4.78 is 233. The summed E-state index contributed by atoms with van der Waals surface area (Å²) in [4.78, 5) is 13.5. The van der Waals surface area contributed by atoms with E-state index in [4.69, 9.17) is 4.74 Å². The maximum Gasteiger partial charge on any atom is 0.460 e.